The summed E-state index contributed by atoms with van der Waals surface area (Å²) in [4.78, 5) is 20.3. The van der Waals surface area contributed by atoms with Crippen LogP contribution in [0.3, 0.4) is 0 Å². The van der Waals surface area contributed by atoms with Gasteiger partial charge in [-0.15, -0.1) is 0 Å². The van der Waals surface area contributed by atoms with Gasteiger partial charge in [0.15, 0.2) is 0 Å². The van der Waals surface area contributed by atoms with Gasteiger partial charge >= 0.3 is 0 Å². The number of hydrogen-bond acceptors (Lipinski definition) is 4. The quantitative estimate of drug-likeness (QED) is 0.306. The normalized spacial score (nSPS) is 15.9. The van der Waals surface area contributed by atoms with Crippen LogP contribution in [0.2, 0.25) is 0 Å². The largest absolute Gasteiger partial charge is 0.508 e. The molecule has 5 nitrogen and oxygen atoms in total. The third-order valence-corrected chi connectivity index (χ3v) is 8.45. The molecule has 4 aromatic carbocycles. The molecule has 2 heterocycles. The first-order chi connectivity index (χ1) is 19.6. The lowest BCUT2D eigenvalue weighted by Gasteiger charge is -2.37. The number of anilines is 1. The minimum absolute atomic E-state index is 0.0997. The van der Waals surface area contributed by atoms with Gasteiger partial charge in [-0.05, 0) is 65.9 Å². The SMILES string of the molecule is O=C1c2cc(N3CCN(CCC(c4ccccc4)c4ccccc4)CC3)ccc2CCN1Cc1ccc(O)cc1. The van der Waals surface area contributed by atoms with Crippen molar-refractivity contribution in [3.63, 3.8) is 0 Å². The standard InChI is InChI=1S/C35H37N3O2/c39-32-15-11-27(12-16-32)26-38-20-17-30-13-14-31(25-34(30)35(38)40)37-23-21-36(22-24-37)19-18-33(28-7-3-1-4-8-28)29-9-5-2-6-10-29/h1-16,25,33,39H,17-24,26H2. The summed E-state index contributed by atoms with van der Waals surface area (Å²) in [7, 11) is 0. The summed E-state index contributed by atoms with van der Waals surface area (Å²) in [6.07, 6.45) is 1.97. The zero-order valence-corrected chi connectivity index (χ0v) is 23.0. The van der Waals surface area contributed by atoms with E-state index in [1.807, 2.05) is 17.0 Å². The van der Waals surface area contributed by atoms with Crippen molar-refractivity contribution < 1.29 is 9.90 Å². The lowest BCUT2D eigenvalue weighted by molar-refractivity contribution is 0.0727. The Hall–Kier alpha value is -4.09. The van der Waals surface area contributed by atoms with Crippen molar-refractivity contribution in [2.45, 2.75) is 25.3 Å². The maximum absolute atomic E-state index is 13.4. The second-order valence-corrected chi connectivity index (χ2v) is 11.0. The van der Waals surface area contributed by atoms with E-state index in [0.717, 1.165) is 74.5 Å². The number of benzene rings is 4. The lowest BCUT2D eigenvalue weighted by Crippen LogP contribution is -2.47. The molecule has 1 N–H and O–H groups in total. The molecule has 0 spiro atoms. The van der Waals surface area contributed by atoms with Crippen LogP contribution in [-0.2, 0) is 13.0 Å². The molecule has 1 saturated heterocycles. The Morgan fingerprint density at radius 3 is 2.02 bits per heavy atom. The Morgan fingerprint density at radius 2 is 1.38 bits per heavy atom. The highest BCUT2D eigenvalue weighted by atomic mass is 16.3. The van der Waals surface area contributed by atoms with Crippen LogP contribution in [-0.4, -0.2) is 60.1 Å². The molecule has 1 amide bonds. The minimum atomic E-state index is 0.0997. The van der Waals surface area contributed by atoms with Gasteiger partial charge in [-0.3, -0.25) is 9.69 Å². The number of carbonyl (C=O) groups excluding carboxylic acids is 1. The maximum Gasteiger partial charge on any atom is 0.254 e. The van der Waals surface area contributed by atoms with Gasteiger partial charge in [-0.1, -0.05) is 78.9 Å². The molecule has 0 aromatic heterocycles. The van der Waals surface area contributed by atoms with Gasteiger partial charge in [-0.25, -0.2) is 0 Å². The molecule has 1 fully saturated rings. The number of nitrogens with zero attached hydrogens (tertiary/aromatic N) is 3. The Balaban J connectivity index is 1.07. The fourth-order valence-electron chi connectivity index (χ4n) is 6.12. The summed E-state index contributed by atoms with van der Waals surface area (Å²) >= 11 is 0. The second-order valence-electron chi connectivity index (χ2n) is 11.0. The number of piperazine rings is 1. The number of phenolic OH excluding ortho intramolecular Hbond substituents is 1. The first kappa shape index (κ1) is 26.1. The van der Waals surface area contributed by atoms with Gasteiger partial charge in [0.25, 0.3) is 5.91 Å². The summed E-state index contributed by atoms with van der Waals surface area (Å²) in [5.74, 6) is 0.746. The monoisotopic (exact) mass is 531 g/mol. The van der Waals surface area contributed by atoms with Crippen molar-refractivity contribution in [1.29, 1.82) is 0 Å². The van der Waals surface area contributed by atoms with Gasteiger partial charge in [0, 0.05) is 56.4 Å². The molecule has 0 unspecified atom stereocenters. The molecule has 0 bridgehead atoms. The summed E-state index contributed by atoms with van der Waals surface area (Å²) < 4.78 is 0. The molecule has 2 aliphatic rings. The number of rotatable bonds is 8. The van der Waals surface area contributed by atoms with Crippen LogP contribution in [0.5, 0.6) is 5.75 Å². The second kappa shape index (κ2) is 12.0. The predicted octanol–water partition coefficient (Wildman–Crippen LogP) is 5.93. The average molecular weight is 532 g/mol. The molecule has 204 valence electrons. The Bertz CT molecular complexity index is 1370. The van der Waals surface area contributed by atoms with E-state index in [-0.39, 0.29) is 11.7 Å². The Morgan fingerprint density at radius 1 is 0.725 bits per heavy atom. The van der Waals surface area contributed by atoms with Crippen LogP contribution in [0.15, 0.2) is 103 Å². The van der Waals surface area contributed by atoms with Gasteiger partial charge < -0.3 is 14.9 Å². The van der Waals surface area contributed by atoms with Crippen LogP contribution in [0, 0.1) is 0 Å². The molecule has 0 atom stereocenters. The van der Waals surface area contributed by atoms with Crippen molar-refractivity contribution >= 4 is 11.6 Å². The number of aromatic hydroxyl groups is 1. The van der Waals surface area contributed by atoms with E-state index in [2.05, 4.69) is 88.7 Å². The summed E-state index contributed by atoms with van der Waals surface area (Å²) in [6.45, 7) is 6.32. The van der Waals surface area contributed by atoms with Crippen LogP contribution in [0.1, 0.15) is 45.0 Å². The first-order valence-corrected chi connectivity index (χ1v) is 14.4. The van der Waals surface area contributed by atoms with Crippen molar-refractivity contribution in [2.75, 3.05) is 44.2 Å². The maximum atomic E-state index is 13.4. The average Bonchev–Trinajstić information content (AvgIpc) is 3.01. The number of amides is 1. The third-order valence-electron chi connectivity index (χ3n) is 8.45. The smallest absolute Gasteiger partial charge is 0.254 e. The first-order valence-electron chi connectivity index (χ1n) is 14.4. The van der Waals surface area contributed by atoms with Gasteiger partial charge in [0.2, 0.25) is 0 Å². The highest BCUT2D eigenvalue weighted by Crippen LogP contribution is 2.30. The fraction of sp³-hybridized carbons (Fsp3) is 0.286. The van der Waals surface area contributed by atoms with Crippen molar-refractivity contribution in [2.24, 2.45) is 0 Å². The molecule has 0 saturated carbocycles. The van der Waals surface area contributed by atoms with Crippen molar-refractivity contribution in [3.05, 3.63) is 131 Å². The molecule has 40 heavy (non-hydrogen) atoms. The summed E-state index contributed by atoms with van der Waals surface area (Å²) in [5.41, 5.74) is 6.91. The number of fused-ring (bicyclic) bond motifs is 1. The minimum Gasteiger partial charge on any atom is -0.508 e. The topological polar surface area (TPSA) is 47.0 Å². The molecule has 5 heteroatoms. The zero-order chi connectivity index (χ0) is 27.3. The number of carbonyl (C=O) groups is 1. The van der Waals surface area contributed by atoms with Crippen molar-refractivity contribution in [1.82, 2.24) is 9.80 Å². The van der Waals surface area contributed by atoms with Crippen LogP contribution in [0.4, 0.5) is 5.69 Å². The van der Waals surface area contributed by atoms with Gasteiger partial charge in [-0.2, -0.15) is 0 Å². The molecule has 0 radical (unpaired) electrons. The predicted molar refractivity (Wildman–Crippen MR) is 161 cm³/mol. The van der Waals surface area contributed by atoms with Crippen LogP contribution < -0.4 is 4.90 Å². The highest BCUT2D eigenvalue weighted by molar-refractivity contribution is 5.97. The summed E-state index contributed by atoms with van der Waals surface area (Å²) in [5, 5.41) is 9.58. The van der Waals surface area contributed by atoms with E-state index in [4.69, 9.17) is 0 Å². The molecule has 2 aliphatic heterocycles. The molecular formula is C35H37N3O2. The zero-order valence-electron chi connectivity index (χ0n) is 23.0. The lowest BCUT2D eigenvalue weighted by atomic mass is 9.88. The molecule has 6 rings (SSSR count). The molecule has 0 aliphatic carbocycles. The molecule has 4 aromatic rings. The highest BCUT2D eigenvalue weighted by Gasteiger charge is 2.26. The van der Waals surface area contributed by atoms with E-state index in [9.17, 15) is 9.90 Å². The fourth-order valence-corrected chi connectivity index (χ4v) is 6.12. The molecular weight excluding hydrogens is 494 g/mol. The van der Waals surface area contributed by atoms with E-state index >= 15 is 0 Å². The van der Waals surface area contributed by atoms with E-state index in [1.54, 1.807) is 12.1 Å². The van der Waals surface area contributed by atoms with Crippen LogP contribution >= 0.6 is 0 Å². The number of hydrogen-bond donors (Lipinski definition) is 1. The van der Waals surface area contributed by atoms with E-state index in [0.29, 0.717) is 12.5 Å². The van der Waals surface area contributed by atoms with Crippen molar-refractivity contribution in [3.8, 4) is 5.75 Å². The van der Waals surface area contributed by atoms with E-state index < -0.39 is 0 Å². The summed E-state index contributed by atoms with van der Waals surface area (Å²) in [6, 6.07) is 35.3. The van der Waals surface area contributed by atoms with Crippen LogP contribution in [0.25, 0.3) is 0 Å². The number of phenols is 1. The van der Waals surface area contributed by atoms with E-state index in [1.165, 1.54) is 11.1 Å². The van der Waals surface area contributed by atoms with Gasteiger partial charge in [0.05, 0.1) is 0 Å². The third kappa shape index (κ3) is 5.90. The van der Waals surface area contributed by atoms with Gasteiger partial charge in [0.1, 0.15) is 5.75 Å². The Labute approximate surface area is 237 Å². The Kier molecular flexibility index (Phi) is 7.83.